The van der Waals surface area contributed by atoms with E-state index < -0.39 is 0 Å². The Morgan fingerprint density at radius 2 is 2.24 bits per heavy atom. The summed E-state index contributed by atoms with van der Waals surface area (Å²) in [6.45, 7) is 2.50. The van der Waals surface area contributed by atoms with E-state index in [1.165, 1.54) is 0 Å². The first kappa shape index (κ1) is 11.4. The van der Waals surface area contributed by atoms with Crippen LogP contribution in [0.5, 0.6) is 5.75 Å². The standard InChI is InChI=1S/C13H13NO3/c1-2-17-10-5-3-4-9(6-10)7-11-12(15)8-13(16)14-11/h3-7H,2,8H2,1H3,(H,14,16)/b11-7-. The quantitative estimate of drug-likeness (QED) is 0.633. The van der Waals surface area contributed by atoms with E-state index in [1.54, 1.807) is 6.08 Å². The first-order valence-corrected chi connectivity index (χ1v) is 5.46. The maximum Gasteiger partial charge on any atom is 0.232 e. The molecule has 1 heterocycles. The number of ketones is 1. The highest BCUT2D eigenvalue weighted by Crippen LogP contribution is 2.17. The van der Waals surface area contributed by atoms with Crippen LogP contribution < -0.4 is 10.1 Å². The smallest absolute Gasteiger partial charge is 0.232 e. The van der Waals surface area contributed by atoms with Gasteiger partial charge in [-0.15, -0.1) is 0 Å². The molecule has 1 amide bonds. The minimum atomic E-state index is -0.248. The monoisotopic (exact) mass is 231 g/mol. The van der Waals surface area contributed by atoms with Gasteiger partial charge in [-0.2, -0.15) is 0 Å². The van der Waals surface area contributed by atoms with Gasteiger partial charge in [-0.25, -0.2) is 0 Å². The molecule has 2 rings (SSSR count). The lowest BCUT2D eigenvalue weighted by Gasteiger charge is -2.03. The van der Waals surface area contributed by atoms with Gasteiger partial charge >= 0.3 is 0 Å². The highest BCUT2D eigenvalue weighted by Gasteiger charge is 2.23. The largest absolute Gasteiger partial charge is 0.494 e. The lowest BCUT2D eigenvalue weighted by atomic mass is 10.1. The summed E-state index contributed by atoms with van der Waals surface area (Å²) in [6.07, 6.45) is 1.60. The normalized spacial score (nSPS) is 17.4. The van der Waals surface area contributed by atoms with Crippen molar-refractivity contribution < 1.29 is 14.3 Å². The summed E-state index contributed by atoms with van der Waals surface area (Å²) in [4.78, 5) is 22.4. The van der Waals surface area contributed by atoms with Crippen molar-refractivity contribution in [3.05, 3.63) is 35.5 Å². The molecular weight excluding hydrogens is 218 g/mol. The molecule has 1 saturated heterocycles. The van der Waals surface area contributed by atoms with Gasteiger partial charge in [0, 0.05) is 0 Å². The van der Waals surface area contributed by atoms with E-state index in [-0.39, 0.29) is 18.1 Å². The average molecular weight is 231 g/mol. The van der Waals surface area contributed by atoms with Crippen LogP contribution in [0.1, 0.15) is 18.9 Å². The summed E-state index contributed by atoms with van der Waals surface area (Å²) in [5.41, 5.74) is 1.19. The Kier molecular flexibility index (Phi) is 3.23. The molecule has 1 fully saturated rings. The number of allylic oxidation sites excluding steroid dienone is 1. The molecule has 17 heavy (non-hydrogen) atoms. The van der Waals surface area contributed by atoms with E-state index in [2.05, 4.69) is 5.32 Å². The summed E-state index contributed by atoms with van der Waals surface area (Å²) in [5, 5.41) is 2.54. The lowest BCUT2D eigenvalue weighted by Crippen LogP contribution is -2.12. The molecule has 0 aromatic heterocycles. The second-order valence-electron chi connectivity index (χ2n) is 3.71. The summed E-state index contributed by atoms with van der Waals surface area (Å²) < 4.78 is 5.36. The van der Waals surface area contributed by atoms with Crippen molar-refractivity contribution in [1.29, 1.82) is 0 Å². The lowest BCUT2D eigenvalue weighted by molar-refractivity contribution is -0.121. The van der Waals surface area contributed by atoms with Gasteiger partial charge in [-0.3, -0.25) is 9.59 Å². The number of Topliss-reactive ketones (excluding diaryl/α,β-unsaturated/α-hetero) is 1. The van der Waals surface area contributed by atoms with Gasteiger partial charge in [0.15, 0.2) is 5.78 Å². The number of ether oxygens (including phenoxy) is 1. The summed E-state index contributed by atoms with van der Waals surface area (Å²) in [6, 6.07) is 7.38. The molecule has 1 aliphatic rings. The number of benzene rings is 1. The molecule has 0 spiro atoms. The molecule has 0 bridgehead atoms. The topological polar surface area (TPSA) is 55.4 Å². The van der Waals surface area contributed by atoms with Crippen LogP contribution in [0.3, 0.4) is 0 Å². The van der Waals surface area contributed by atoms with Gasteiger partial charge in [0.1, 0.15) is 5.75 Å². The zero-order chi connectivity index (χ0) is 12.3. The number of amides is 1. The molecule has 0 radical (unpaired) electrons. The van der Waals surface area contributed by atoms with Gasteiger partial charge in [-0.05, 0) is 30.7 Å². The van der Waals surface area contributed by atoms with Crippen molar-refractivity contribution >= 4 is 17.8 Å². The van der Waals surface area contributed by atoms with Crippen LogP contribution in [0.4, 0.5) is 0 Å². The predicted molar refractivity (Wildman–Crippen MR) is 63.4 cm³/mol. The zero-order valence-corrected chi connectivity index (χ0v) is 9.53. The molecular formula is C13H13NO3. The molecule has 0 unspecified atom stereocenters. The SMILES string of the molecule is CCOc1cccc(/C=C2\NC(=O)CC2=O)c1. The van der Waals surface area contributed by atoms with E-state index in [0.29, 0.717) is 12.3 Å². The Bertz CT molecular complexity index is 491. The van der Waals surface area contributed by atoms with Crippen LogP contribution in [0.15, 0.2) is 30.0 Å². The van der Waals surface area contributed by atoms with Gasteiger partial charge in [0.05, 0.1) is 18.7 Å². The molecule has 1 N–H and O–H groups in total. The first-order chi connectivity index (χ1) is 8.19. The molecule has 0 saturated carbocycles. The van der Waals surface area contributed by atoms with Crippen molar-refractivity contribution in [1.82, 2.24) is 5.32 Å². The van der Waals surface area contributed by atoms with Crippen molar-refractivity contribution in [2.75, 3.05) is 6.61 Å². The fourth-order valence-corrected chi connectivity index (χ4v) is 1.65. The van der Waals surface area contributed by atoms with Crippen LogP contribution in [-0.2, 0) is 9.59 Å². The second-order valence-corrected chi connectivity index (χ2v) is 3.71. The second kappa shape index (κ2) is 4.82. The minimum Gasteiger partial charge on any atom is -0.494 e. The average Bonchev–Trinajstić information content (AvgIpc) is 2.58. The predicted octanol–water partition coefficient (Wildman–Crippen LogP) is 1.52. The van der Waals surface area contributed by atoms with Crippen LogP contribution in [0, 0.1) is 0 Å². The minimum absolute atomic E-state index is 0.0585. The van der Waals surface area contributed by atoms with Crippen LogP contribution >= 0.6 is 0 Å². The maximum absolute atomic E-state index is 11.4. The van der Waals surface area contributed by atoms with Crippen LogP contribution in [0.25, 0.3) is 6.08 Å². The molecule has 4 heteroatoms. The summed E-state index contributed by atoms with van der Waals surface area (Å²) in [7, 11) is 0. The van der Waals surface area contributed by atoms with Crippen molar-refractivity contribution in [3.63, 3.8) is 0 Å². The highest BCUT2D eigenvalue weighted by molar-refractivity contribution is 6.16. The molecule has 1 aromatic carbocycles. The molecule has 4 nitrogen and oxygen atoms in total. The van der Waals surface area contributed by atoms with E-state index in [9.17, 15) is 9.59 Å². The molecule has 0 atom stereocenters. The summed E-state index contributed by atoms with van der Waals surface area (Å²) >= 11 is 0. The van der Waals surface area contributed by atoms with Gasteiger partial charge in [0.25, 0.3) is 0 Å². The van der Waals surface area contributed by atoms with Gasteiger partial charge < -0.3 is 10.1 Å². The van der Waals surface area contributed by atoms with E-state index >= 15 is 0 Å². The van der Waals surface area contributed by atoms with E-state index in [0.717, 1.165) is 11.3 Å². The number of nitrogens with one attached hydrogen (secondary N) is 1. The first-order valence-electron chi connectivity index (χ1n) is 5.46. The number of hydrogen-bond acceptors (Lipinski definition) is 3. The number of carbonyl (C=O) groups is 2. The fraction of sp³-hybridized carbons (Fsp3) is 0.231. The maximum atomic E-state index is 11.4. The number of carbonyl (C=O) groups excluding carboxylic acids is 2. The Morgan fingerprint density at radius 3 is 2.88 bits per heavy atom. The Morgan fingerprint density at radius 1 is 1.41 bits per heavy atom. The van der Waals surface area contributed by atoms with Crippen LogP contribution in [-0.4, -0.2) is 18.3 Å². The number of hydrogen-bond donors (Lipinski definition) is 1. The van der Waals surface area contributed by atoms with Gasteiger partial charge in [0.2, 0.25) is 5.91 Å². The number of rotatable bonds is 3. The van der Waals surface area contributed by atoms with Gasteiger partial charge in [-0.1, -0.05) is 12.1 Å². The highest BCUT2D eigenvalue weighted by atomic mass is 16.5. The van der Waals surface area contributed by atoms with Crippen molar-refractivity contribution in [2.45, 2.75) is 13.3 Å². The van der Waals surface area contributed by atoms with E-state index in [4.69, 9.17) is 4.74 Å². The Balaban J connectivity index is 2.23. The molecule has 88 valence electrons. The fourth-order valence-electron chi connectivity index (χ4n) is 1.65. The third kappa shape index (κ3) is 2.72. The van der Waals surface area contributed by atoms with Crippen molar-refractivity contribution in [2.24, 2.45) is 0 Å². The summed E-state index contributed by atoms with van der Waals surface area (Å²) in [5.74, 6) is 0.331. The molecule has 1 aliphatic heterocycles. The van der Waals surface area contributed by atoms with Crippen LogP contribution in [0.2, 0.25) is 0 Å². The van der Waals surface area contributed by atoms with E-state index in [1.807, 2.05) is 31.2 Å². The zero-order valence-electron chi connectivity index (χ0n) is 9.53. The molecule has 0 aliphatic carbocycles. The Hall–Kier alpha value is -2.10. The third-order valence-electron chi connectivity index (χ3n) is 2.38. The Labute approximate surface area is 99.3 Å². The molecule has 1 aromatic rings. The van der Waals surface area contributed by atoms with Crippen molar-refractivity contribution in [3.8, 4) is 5.75 Å². The third-order valence-corrected chi connectivity index (χ3v) is 2.38.